The molecule has 11 heteroatoms. The van der Waals surface area contributed by atoms with Crippen molar-refractivity contribution in [3.63, 3.8) is 0 Å². The van der Waals surface area contributed by atoms with Crippen LogP contribution in [0.3, 0.4) is 0 Å². The summed E-state index contributed by atoms with van der Waals surface area (Å²) in [7, 11) is -3.74. The number of rotatable bonds is 5. The molecule has 3 aromatic rings. The smallest absolute Gasteiger partial charge is 0.243 e. The predicted octanol–water partition coefficient (Wildman–Crippen LogP) is 2.69. The highest BCUT2D eigenvalue weighted by Gasteiger charge is 2.38. The molecule has 1 atom stereocenters. The highest BCUT2D eigenvalue weighted by atomic mass is 32.2. The third-order valence-corrected chi connectivity index (χ3v) is 8.81. The molecule has 1 N–H and O–H groups in total. The highest BCUT2D eigenvalue weighted by molar-refractivity contribution is 7.89. The van der Waals surface area contributed by atoms with Crippen molar-refractivity contribution < 1.29 is 22.4 Å². The Hall–Kier alpha value is -3.57. The number of nitrogens with one attached hydrogen (secondary N) is 1. The second kappa shape index (κ2) is 10.1. The minimum Gasteiger partial charge on any atom is -0.367 e. The van der Waals surface area contributed by atoms with Crippen molar-refractivity contribution in [2.45, 2.75) is 18.2 Å². The molecule has 2 amide bonds. The molecule has 3 heterocycles. The van der Waals surface area contributed by atoms with Crippen LogP contribution in [0.5, 0.6) is 0 Å². The van der Waals surface area contributed by atoms with Gasteiger partial charge in [0.1, 0.15) is 5.82 Å². The number of carbonyl (C=O) groups excluding carboxylic acids is 2. The number of pyridine rings is 1. The van der Waals surface area contributed by atoms with E-state index in [0.717, 1.165) is 11.1 Å². The first kappa shape index (κ1) is 25.1. The number of hydrogen-bond donors (Lipinski definition) is 1. The van der Waals surface area contributed by atoms with Gasteiger partial charge in [-0.1, -0.05) is 0 Å². The van der Waals surface area contributed by atoms with Gasteiger partial charge in [0.15, 0.2) is 0 Å². The van der Waals surface area contributed by atoms with E-state index in [9.17, 15) is 22.4 Å². The van der Waals surface area contributed by atoms with Crippen molar-refractivity contribution in [2.75, 3.05) is 49.5 Å². The van der Waals surface area contributed by atoms with Crippen molar-refractivity contribution in [2.24, 2.45) is 5.92 Å². The molecule has 0 saturated carbocycles. The van der Waals surface area contributed by atoms with Crippen molar-refractivity contribution >= 4 is 44.1 Å². The number of anilines is 2. The predicted molar refractivity (Wildman–Crippen MR) is 138 cm³/mol. The average molecular weight is 526 g/mol. The molecule has 194 valence electrons. The van der Waals surface area contributed by atoms with Crippen LogP contribution in [0.2, 0.25) is 0 Å². The van der Waals surface area contributed by atoms with Gasteiger partial charge in [-0.15, -0.1) is 0 Å². The van der Waals surface area contributed by atoms with E-state index in [1.54, 1.807) is 24.4 Å². The van der Waals surface area contributed by atoms with Crippen LogP contribution in [0.1, 0.15) is 13.3 Å². The molecule has 0 bridgehead atoms. The Morgan fingerprint density at radius 3 is 2.43 bits per heavy atom. The molecular formula is C26H28FN5O4S. The van der Waals surface area contributed by atoms with Crippen LogP contribution in [-0.2, 0) is 19.6 Å². The SMILES string of the molecule is CC(=O)Nc1ccc(S(=O)(=O)N2CC[C@@H](C(=O)N3CCN(c4ccnc5cc(F)ccc45)CC3)C2)cc1. The molecule has 37 heavy (non-hydrogen) atoms. The van der Waals surface area contributed by atoms with Crippen molar-refractivity contribution in [1.29, 1.82) is 0 Å². The lowest BCUT2D eigenvalue weighted by molar-refractivity contribution is -0.135. The normalized spacial score (nSPS) is 18.8. The topological polar surface area (TPSA) is 103 Å². The van der Waals surface area contributed by atoms with Crippen LogP contribution < -0.4 is 10.2 Å². The summed E-state index contributed by atoms with van der Waals surface area (Å²) in [5, 5.41) is 3.48. The third kappa shape index (κ3) is 5.14. The van der Waals surface area contributed by atoms with E-state index in [2.05, 4.69) is 15.2 Å². The number of fused-ring (bicyclic) bond motifs is 1. The molecule has 0 spiro atoms. The Morgan fingerprint density at radius 2 is 1.73 bits per heavy atom. The number of hydrogen-bond acceptors (Lipinski definition) is 6. The summed E-state index contributed by atoms with van der Waals surface area (Å²) in [6.07, 6.45) is 2.14. The molecule has 2 saturated heterocycles. The van der Waals surface area contributed by atoms with Gasteiger partial charge in [0.25, 0.3) is 0 Å². The van der Waals surface area contributed by atoms with Gasteiger partial charge in [0, 0.05) is 75.2 Å². The fourth-order valence-electron chi connectivity index (χ4n) is 5.02. The maximum atomic E-state index is 13.6. The Kier molecular flexibility index (Phi) is 6.82. The van der Waals surface area contributed by atoms with Crippen molar-refractivity contribution in [3.05, 3.63) is 60.5 Å². The maximum Gasteiger partial charge on any atom is 0.243 e. The molecule has 1 aromatic heterocycles. The van der Waals surface area contributed by atoms with Crippen LogP contribution in [0.15, 0.2) is 59.6 Å². The Labute approximate surface area is 214 Å². The quantitative estimate of drug-likeness (QED) is 0.550. The summed E-state index contributed by atoms with van der Waals surface area (Å²) in [5.41, 5.74) is 2.07. The van der Waals surface area contributed by atoms with E-state index in [-0.39, 0.29) is 41.5 Å². The molecular weight excluding hydrogens is 497 g/mol. The summed E-state index contributed by atoms with van der Waals surface area (Å²) in [5.74, 6) is -0.978. The molecule has 9 nitrogen and oxygen atoms in total. The van der Waals surface area contributed by atoms with E-state index in [4.69, 9.17) is 0 Å². The molecule has 0 unspecified atom stereocenters. The summed E-state index contributed by atoms with van der Waals surface area (Å²) >= 11 is 0. The van der Waals surface area contributed by atoms with Gasteiger partial charge in [-0.2, -0.15) is 4.31 Å². The first-order chi connectivity index (χ1) is 17.7. The maximum absolute atomic E-state index is 13.6. The van der Waals surface area contributed by atoms with Gasteiger partial charge >= 0.3 is 0 Å². The Bertz CT molecular complexity index is 1440. The van der Waals surface area contributed by atoms with E-state index in [1.807, 2.05) is 11.0 Å². The summed E-state index contributed by atoms with van der Waals surface area (Å²) in [6.45, 7) is 4.11. The third-order valence-electron chi connectivity index (χ3n) is 6.93. The molecule has 0 aliphatic carbocycles. The summed E-state index contributed by atoms with van der Waals surface area (Å²) in [4.78, 5) is 32.8. The molecule has 2 aliphatic heterocycles. The van der Waals surface area contributed by atoms with Crippen molar-refractivity contribution in [3.8, 4) is 0 Å². The van der Waals surface area contributed by atoms with Gasteiger partial charge in [0.2, 0.25) is 21.8 Å². The first-order valence-corrected chi connectivity index (χ1v) is 13.6. The van der Waals surface area contributed by atoms with Gasteiger partial charge in [-0.3, -0.25) is 14.6 Å². The molecule has 5 rings (SSSR count). The number of amides is 2. The van der Waals surface area contributed by atoms with E-state index >= 15 is 0 Å². The number of carbonyl (C=O) groups is 2. The molecule has 2 aromatic carbocycles. The van der Waals surface area contributed by atoms with Crippen LogP contribution in [-0.4, -0.2) is 73.7 Å². The van der Waals surface area contributed by atoms with Crippen molar-refractivity contribution in [1.82, 2.24) is 14.2 Å². The Morgan fingerprint density at radius 1 is 1.00 bits per heavy atom. The fourth-order valence-corrected chi connectivity index (χ4v) is 6.52. The molecule has 0 radical (unpaired) electrons. The monoisotopic (exact) mass is 525 g/mol. The number of sulfonamides is 1. The Balaban J connectivity index is 1.20. The van der Waals surface area contributed by atoms with E-state index in [1.165, 1.54) is 35.5 Å². The van der Waals surface area contributed by atoms with Gasteiger partial charge < -0.3 is 15.1 Å². The van der Waals surface area contributed by atoms with E-state index in [0.29, 0.717) is 43.8 Å². The first-order valence-electron chi connectivity index (χ1n) is 12.2. The van der Waals surface area contributed by atoms with Crippen LogP contribution >= 0.6 is 0 Å². The van der Waals surface area contributed by atoms with Gasteiger partial charge in [0.05, 0.1) is 16.3 Å². The number of halogens is 1. The fraction of sp³-hybridized carbons (Fsp3) is 0.346. The average Bonchev–Trinajstić information content (AvgIpc) is 3.39. The number of nitrogens with zero attached hydrogens (tertiary/aromatic N) is 4. The van der Waals surface area contributed by atoms with E-state index < -0.39 is 10.0 Å². The standard InChI is InChI=1S/C26H28FN5O4S/c1-18(33)29-21-3-5-22(6-4-21)37(35,36)32-11-9-19(17-32)26(34)31-14-12-30(13-15-31)25-8-10-28-24-16-20(27)2-7-23(24)25/h2-8,10,16,19H,9,11-15,17H2,1H3,(H,29,33)/t19-/m1/s1. The highest BCUT2D eigenvalue weighted by Crippen LogP contribution is 2.29. The number of aromatic nitrogens is 1. The zero-order valence-corrected chi connectivity index (χ0v) is 21.2. The lowest BCUT2D eigenvalue weighted by atomic mass is 10.1. The minimum atomic E-state index is -3.74. The zero-order chi connectivity index (χ0) is 26.2. The lowest BCUT2D eigenvalue weighted by Crippen LogP contribution is -2.50. The largest absolute Gasteiger partial charge is 0.367 e. The molecule has 2 fully saturated rings. The summed E-state index contributed by atoms with van der Waals surface area (Å²) in [6, 6.07) is 12.5. The lowest BCUT2D eigenvalue weighted by Gasteiger charge is -2.37. The van der Waals surface area contributed by atoms with Crippen LogP contribution in [0.4, 0.5) is 15.8 Å². The molecule has 2 aliphatic rings. The minimum absolute atomic E-state index is 0.0278. The second-order valence-corrected chi connectivity index (χ2v) is 11.3. The number of piperazine rings is 1. The second-order valence-electron chi connectivity index (χ2n) is 9.36. The zero-order valence-electron chi connectivity index (χ0n) is 20.4. The summed E-state index contributed by atoms with van der Waals surface area (Å²) < 4.78 is 41.2. The van der Waals surface area contributed by atoms with Crippen LogP contribution in [0, 0.1) is 11.7 Å². The van der Waals surface area contributed by atoms with Gasteiger partial charge in [-0.25, -0.2) is 12.8 Å². The number of benzene rings is 2. The van der Waals surface area contributed by atoms with Crippen LogP contribution in [0.25, 0.3) is 10.9 Å². The van der Waals surface area contributed by atoms with Gasteiger partial charge in [-0.05, 0) is 48.9 Å².